The first kappa shape index (κ1) is 20.7. The molecule has 0 saturated carbocycles. The summed E-state index contributed by atoms with van der Waals surface area (Å²) in [5.41, 5.74) is 1.51. The zero-order valence-corrected chi connectivity index (χ0v) is 18.0. The highest BCUT2D eigenvalue weighted by Crippen LogP contribution is 2.25. The molecule has 3 aromatic carbocycles. The second-order valence-electron chi connectivity index (χ2n) is 6.42. The summed E-state index contributed by atoms with van der Waals surface area (Å²) in [6.45, 7) is 0. The Kier molecular flexibility index (Phi) is 5.79. The normalized spacial score (nSPS) is 10.6. The van der Waals surface area contributed by atoms with Gasteiger partial charge in [0.25, 0.3) is 11.6 Å². The van der Waals surface area contributed by atoms with Gasteiger partial charge in [-0.2, -0.15) is 0 Å². The lowest BCUT2D eigenvalue weighted by Gasteiger charge is -2.06. The number of hydrogen-bond acceptors (Lipinski definition) is 5. The zero-order chi connectivity index (χ0) is 22.0. The largest absolute Gasteiger partial charge is 0.319 e. The van der Waals surface area contributed by atoms with E-state index in [9.17, 15) is 14.9 Å². The number of rotatable bonds is 5. The summed E-state index contributed by atoms with van der Waals surface area (Å²) < 4.78 is 2.44. The fourth-order valence-corrected chi connectivity index (χ4v) is 3.32. The maximum Gasteiger partial charge on any atom is 0.295 e. The first-order chi connectivity index (χ1) is 14.9. The van der Waals surface area contributed by atoms with E-state index >= 15 is 0 Å². The molecular formula is C21H13BrClN5O3. The molecule has 10 heteroatoms. The molecule has 0 bridgehead atoms. The van der Waals surface area contributed by atoms with Crippen LogP contribution in [0.25, 0.3) is 17.1 Å². The molecule has 1 heterocycles. The van der Waals surface area contributed by atoms with Gasteiger partial charge in [0.15, 0.2) is 5.82 Å². The van der Waals surface area contributed by atoms with Crippen molar-refractivity contribution in [3.63, 3.8) is 0 Å². The standard InChI is InChI=1S/C21H13BrClN5O3/c22-14-7-9-17(10-8-14)27-20(13-3-1-4-15(23)11-13)25-19(26-27)21(29)24-16-5-2-6-18(12-16)28(30)31/h1-12H,(H,24,29). The van der Waals surface area contributed by atoms with Crippen molar-refractivity contribution in [3.05, 3.63) is 98.2 Å². The summed E-state index contributed by atoms with van der Waals surface area (Å²) in [5.74, 6) is -0.266. The van der Waals surface area contributed by atoms with Gasteiger partial charge in [0.2, 0.25) is 5.82 Å². The summed E-state index contributed by atoms with van der Waals surface area (Å²) in [7, 11) is 0. The number of carbonyl (C=O) groups is 1. The Balaban J connectivity index is 1.74. The van der Waals surface area contributed by atoms with Crippen LogP contribution in [0.15, 0.2) is 77.3 Å². The van der Waals surface area contributed by atoms with E-state index in [1.807, 2.05) is 30.3 Å². The van der Waals surface area contributed by atoms with E-state index in [1.165, 1.54) is 18.2 Å². The van der Waals surface area contributed by atoms with Crippen molar-refractivity contribution in [2.75, 3.05) is 5.32 Å². The number of benzene rings is 3. The van der Waals surface area contributed by atoms with Gasteiger partial charge in [0.05, 0.1) is 10.6 Å². The Bertz CT molecular complexity index is 1290. The average Bonchev–Trinajstić information content (AvgIpc) is 3.20. The van der Waals surface area contributed by atoms with Crippen LogP contribution < -0.4 is 5.32 Å². The fraction of sp³-hybridized carbons (Fsp3) is 0. The predicted octanol–water partition coefficient (Wildman–Crippen LogP) is 5.51. The highest BCUT2D eigenvalue weighted by molar-refractivity contribution is 9.10. The Hall–Kier alpha value is -3.56. The summed E-state index contributed by atoms with van der Waals surface area (Å²) in [5, 5.41) is 18.5. The van der Waals surface area contributed by atoms with Crippen LogP contribution in [0.3, 0.4) is 0 Å². The molecule has 154 valence electrons. The Morgan fingerprint density at radius 2 is 1.81 bits per heavy atom. The SMILES string of the molecule is O=C(Nc1cccc([N+](=O)[O-])c1)c1nc(-c2cccc(Cl)c2)n(-c2ccc(Br)cc2)n1. The third-order valence-electron chi connectivity index (χ3n) is 4.28. The van der Waals surface area contributed by atoms with Crippen LogP contribution in [0.5, 0.6) is 0 Å². The highest BCUT2D eigenvalue weighted by atomic mass is 79.9. The first-order valence-corrected chi connectivity index (χ1v) is 10.1. The number of aromatic nitrogens is 3. The Morgan fingerprint density at radius 1 is 1.06 bits per heavy atom. The minimum atomic E-state index is -0.598. The summed E-state index contributed by atoms with van der Waals surface area (Å²) in [4.78, 5) is 27.6. The van der Waals surface area contributed by atoms with Crippen LogP contribution in [0.4, 0.5) is 11.4 Å². The molecule has 1 N–H and O–H groups in total. The number of nitro benzene ring substituents is 1. The summed E-state index contributed by atoms with van der Waals surface area (Å²) >= 11 is 9.53. The molecule has 0 aliphatic rings. The zero-order valence-electron chi connectivity index (χ0n) is 15.7. The van der Waals surface area contributed by atoms with Gasteiger partial charge in [-0.1, -0.05) is 45.7 Å². The lowest BCUT2D eigenvalue weighted by Crippen LogP contribution is -2.14. The second-order valence-corrected chi connectivity index (χ2v) is 7.77. The van der Waals surface area contributed by atoms with Crippen LogP contribution in [-0.4, -0.2) is 25.6 Å². The molecule has 0 unspecified atom stereocenters. The Morgan fingerprint density at radius 3 is 2.52 bits per heavy atom. The number of carbonyl (C=O) groups excluding carboxylic acids is 1. The van der Waals surface area contributed by atoms with Gasteiger partial charge in [-0.3, -0.25) is 14.9 Å². The van der Waals surface area contributed by atoms with Gasteiger partial charge in [-0.05, 0) is 42.5 Å². The number of nitrogens with zero attached hydrogens (tertiary/aromatic N) is 4. The molecule has 0 spiro atoms. The van der Waals surface area contributed by atoms with Crippen molar-refractivity contribution >= 4 is 44.8 Å². The molecule has 1 amide bonds. The lowest BCUT2D eigenvalue weighted by molar-refractivity contribution is -0.384. The number of halogens is 2. The maximum absolute atomic E-state index is 12.8. The van der Waals surface area contributed by atoms with Crippen LogP contribution in [0.2, 0.25) is 5.02 Å². The second kappa shape index (κ2) is 8.66. The van der Waals surface area contributed by atoms with Gasteiger partial charge in [-0.25, -0.2) is 9.67 Å². The van der Waals surface area contributed by atoms with Crippen molar-refractivity contribution < 1.29 is 9.72 Å². The third kappa shape index (κ3) is 4.62. The number of nitrogens with one attached hydrogen (secondary N) is 1. The summed E-state index contributed by atoms with van der Waals surface area (Å²) in [6, 6.07) is 20.1. The molecule has 0 saturated heterocycles. The number of anilines is 1. The highest BCUT2D eigenvalue weighted by Gasteiger charge is 2.20. The number of non-ortho nitro benzene ring substituents is 1. The van der Waals surface area contributed by atoms with Crippen LogP contribution in [0.1, 0.15) is 10.6 Å². The van der Waals surface area contributed by atoms with E-state index in [0.717, 1.165) is 4.47 Å². The van der Waals surface area contributed by atoms with Gasteiger partial charge in [0.1, 0.15) is 0 Å². The van der Waals surface area contributed by atoms with Crippen molar-refractivity contribution in [3.8, 4) is 17.1 Å². The molecule has 8 nitrogen and oxygen atoms in total. The number of hydrogen-bond donors (Lipinski definition) is 1. The molecule has 4 rings (SSSR count). The average molecular weight is 499 g/mol. The van der Waals surface area contributed by atoms with Gasteiger partial charge in [-0.15, -0.1) is 5.10 Å². The molecule has 0 fully saturated rings. The van der Waals surface area contributed by atoms with Crippen LogP contribution >= 0.6 is 27.5 Å². The number of nitro groups is 1. The topological polar surface area (TPSA) is 103 Å². The first-order valence-electron chi connectivity index (χ1n) is 8.95. The van der Waals surface area contributed by atoms with Crippen molar-refractivity contribution in [1.82, 2.24) is 14.8 Å². The molecule has 1 aromatic heterocycles. The quantitative estimate of drug-likeness (QED) is 0.289. The monoisotopic (exact) mass is 497 g/mol. The smallest absolute Gasteiger partial charge is 0.295 e. The molecule has 0 aliphatic heterocycles. The van der Waals surface area contributed by atoms with E-state index < -0.39 is 10.8 Å². The van der Waals surface area contributed by atoms with Gasteiger partial charge >= 0.3 is 0 Å². The van der Waals surface area contributed by atoms with E-state index in [1.54, 1.807) is 28.9 Å². The molecule has 0 atom stereocenters. The van der Waals surface area contributed by atoms with Crippen molar-refractivity contribution in [2.24, 2.45) is 0 Å². The minimum absolute atomic E-state index is 0.0931. The van der Waals surface area contributed by atoms with Crippen molar-refractivity contribution in [2.45, 2.75) is 0 Å². The molecule has 0 aliphatic carbocycles. The third-order valence-corrected chi connectivity index (χ3v) is 5.04. The minimum Gasteiger partial charge on any atom is -0.319 e. The Labute approximate surface area is 189 Å². The molecule has 31 heavy (non-hydrogen) atoms. The summed E-state index contributed by atoms with van der Waals surface area (Å²) in [6.07, 6.45) is 0. The molecule has 0 radical (unpaired) electrons. The van der Waals surface area contributed by atoms with E-state index in [-0.39, 0.29) is 17.2 Å². The number of amides is 1. The lowest BCUT2D eigenvalue weighted by atomic mass is 10.2. The van der Waals surface area contributed by atoms with E-state index in [4.69, 9.17) is 11.6 Å². The molecular weight excluding hydrogens is 486 g/mol. The van der Waals surface area contributed by atoms with Crippen molar-refractivity contribution in [1.29, 1.82) is 0 Å². The van der Waals surface area contributed by atoms with Gasteiger partial charge in [0, 0.05) is 32.9 Å². The predicted molar refractivity (Wildman–Crippen MR) is 121 cm³/mol. The van der Waals surface area contributed by atoms with E-state index in [0.29, 0.717) is 22.1 Å². The molecule has 4 aromatic rings. The maximum atomic E-state index is 12.8. The van der Waals surface area contributed by atoms with Crippen LogP contribution in [-0.2, 0) is 0 Å². The van der Waals surface area contributed by atoms with E-state index in [2.05, 4.69) is 31.3 Å². The van der Waals surface area contributed by atoms with Crippen LogP contribution in [0, 0.1) is 10.1 Å². The van der Waals surface area contributed by atoms with Gasteiger partial charge < -0.3 is 5.32 Å². The fourth-order valence-electron chi connectivity index (χ4n) is 2.87.